The van der Waals surface area contributed by atoms with E-state index in [1.165, 1.54) is 12.1 Å². The van der Waals surface area contributed by atoms with Gasteiger partial charge in [0.2, 0.25) is 5.91 Å². The first kappa shape index (κ1) is 15.0. The Kier molecular flexibility index (Phi) is 5.12. The maximum absolute atomic E-state index is 13.0. The molecule has 0 aliphatic heterocycles. The summed E-state index contributed by atoms with van der Waals surface area (Å²) < 4.78 is 13.0. The maximum atomic E-state index is 13.0. The van der Waals surface area contributed by atoms with Crippen molar-refractivity contribution in [2.24, 2.45) is 11.7 Å². The van der Waals surface area contributed by atoms with Gasteiger partial charge in [-0.15, -0.1) is 0 Å². The molecule has 1 fully saturated rings. The summed E-state index contributed by atoms with van der Waals surface area (Å²) in [5.74, 6) is -0.196. The first-order chi connectivity index (χ1) is 9.58. The standard InChI is InChI=1S/C16H23FN2O/c1-11-10-13(17)7-6-12(11)8-9-19-16(20)14-4-2-3-5-15(14)18/h6-7,10,14-15H,2-5,8-9,18H2,1H3,(H,19,20). The van der Waals surface area contributed by atoms with Crippen LogP contribution in [0.25, 0.3) is 0 Å². The molecular weight excluding hydrogens is 255 g/mol. The van der Waals surface area contributed by atoms with E-state index in [1.807, 2.05) is 6.92 Å². The van der Waals surface area contributed by atoms with E-state index in [1.54, 1.807) is 6.07 Å². The molecule has 1 amide bonds. The number of rotatable bonds is 4. The number of carbonyl (C=O) groups excluding carboxylic acids is 1. The average molecular weight is 278 g/mol. The molecule has 1 aromatic rings. The highest BCUT2D eigenvalue weighted by Gasteiger charge is 2.27. The van der Waals surface area contributed by atoms with Crippen molar-refractivity contribution in [3.05, 3.63) is 35.1 Å². The third-order valence-electron chi connectivity index (χ3n) is 4.15. The Bertz CT molecular complexity index is 476. The fraction of sp³-hybridized carbons (Fsp3) is 0.562. The van der Waals surface area contributed by atoms with Crippen molar-refractivity contribution in [2.45, 2.75) is 45.1 Å². The molecule has 0 heterocycles. The molecule has 1 aliphatic rings. The van der Waals surface area contributed by atoms with E-state index < -0.39 is 0 Å². The van der Waals surface area contributed by atoms with Crippen LogP contribution >= 0.6 is 0 Å². The lowest BCUT2D eigenvalue weighted by Gasteiger charge is -2.27. The molecule has 20 heavy (non-hydrogen) atoms. The molecular formula is C16H23FN2O. The molecule has 1 aromatic carbocycles. The number of carbonyl (C=O) groups is 1. The van der Waals surface area contributed by atoms with Gasteiger partial charge in [0.15, 0.2) is 0 Å². The number of benzene rings is 1. The molecule has 2 unspecified atom stereocenters. The Morgan fingerprint density at radius 1 is 1.40 bits per heavy atom. The molecule has 4 heteroatoms. The summed E-state index contributed by atoms with van der Waals surface area (Å²) in [4.78, 5) is 12.1. The van der Waals surface area contributed by atoms with Crippen LogP contribution < -0.4 is 11.1 Å². The van der Waals surface area contributed by atoms with Crippen molar-refractivity contribution >= 4 is 5.91 Å². The Morgan fingerprint density at radius 3 is 2.85 bits per heavy atom. The summed E-state index contributed by atoms with van der Waals surface area (Å²) in [6, 6.07) is 4.76. The predicted octanol–water partition coefficient (Wildman–Crippen LogP) is 2.31. The van der Waals surface area contributed by atoms with Gasteiger partial charge in [-0.2, -0.15) is 0 Å². The van der Waals surface area contributed by atoms with Crippen LogP contribution in [0.15, 0.2) is 18.2 Å². The van der Waals surface area contributed by atoms with E-state index >= 15 is 0 Å². The average Bonchev–Trinajstić information content (AvgIpc) is 2.41. The Balaban J connectivity index is 1.81. The van der Waals surface area contributed by atoms with Gasteiger partial charge >= 0.3 is 0 Å². The highest BCUT2D eigenvalue weighted by atomic mass is 19.1. The molecule has 2 rings (SSSR count). The summed E-state index contributed by atoms with van der Waals surface area (Å²) in [6.07, 6.45) is 4.76. The number of amides is 1. The van der Waals surface area contributed by atoms with Gasteiger partial charge in [0.1, 0.15) is 5.82 Å². The van der Waals surface area contributed by atoms with E-state index in [0.29, 0.717) is 6.54 Å². The number of halogens is 1. The second-order valence-electron chi connectivity index (χ2n) is 5.67. The van der Waals surface area contributed by atoms with Crippen molar-refractivity contribution in [3.8, 4) is 0 Å². The zero-order valence-electron chi connectivity index (χ0n) is 12.0. The van der Waals surface area contributed by atoms with Crippen molar-refractivity contribution in [2.75, 3.05) is 6.54 Å². The van der Waals surface area contributed by atoms with E-state index in [4.69, 9.17) is 5.73 Å². The van der Waals surface area contributed by atoms with Gasteiger partial charge in [0.05, 0.1) is 5.92 Å². The normalized spacial score (nSPS) is 22.6. The molecule has 1 aliphatic carbocycles. The van der Waals surface area contributed by atoms with Gasteiger partial charge in [-0.3, -0.25) is 4.79 Å². The molecule has 3 N–H and O–H groups in total. The molecule has 0 spiro atoms. The summed E-state index contributed by atoms with van der Waals surface area (Å²) in [5, 5.41) is 2.96. The molecule has 0 aromatic heterocycles. The van der Waals surface area contributed by atoms with Crippen LogP contribution in [-0.2, 0) is 11.2 Å². The largest absolute Gasteiger partial charge is 0.355 e. The third-order valence-corrected chi connectivity index (χ3v) is 4.15. The van der Waals surface area contributed by atoms with E-state index in [-0.39, 0.29) is 23.7 Å². The molecule has 0 saturated heterocycles. The van der Waals surface area contributed by atoms with Crippen LogP contribution in [-0.4, -0.2) is 18.5 Å². The lowest BCUT2D eigenvalue weighted by molar-refractivity contribution is -0.126. The molecule has 3 nitrogen and oxygen atoms in total. The lowest BCUT2D eigenvalue weighted by Crippen LogP contribution is -2.44. The minimum atomic E-state index is -0.219. The zero-order valence-corrected chi connectivity index (χ0v) is 12.0. The smallest absolute Gasteiger partial charge is 0.224 e. The Hall–Kier alpha value is -1.42. The number of nitrogens with two attached hydrogens (primary N) is 1. The maximum Gasteiger partial charge on any atom is 0.224 e. The minimum absolute atomic E-state index is 0.00342. The van der Waals surface area contributed by atoms with E-state index in [0.717, 1.165) is 43.2 Å². The van der Waals surface area contributed by atoms with Crippen LogP contribution in [0.2, 0.25) is 0 Å². The first-order valence-corrected chi connectivity index (χ1v) is 7.36. The van der Waals surface area contributed by atoms with Gasteiger partial charge in [-0.05, 0) is 49.4 Å². The SMILES string of the molecule is Cc1cc(F)ccc1CCNC(=O)C1CCCCC1N. The van der Waals surface area contributed by atoms with Crippen LogP contribution in [0.5, 0.6) is 0 Å². The topological polar surface area (TPSA) is 55.1 Å². The number of nitrogens with one attached hydrogen (secondary N) is 1. The lowest BCUT2D eigenvalue weighted by atomic mass is 9.84. The van der Waals surface area contributed by atoms with Crippen molar-refractivity contribution in [1.82, 2.24) is 5.32 Å². The number of hydrogen-bond acceptors (Lipinski definition) is 2. The quantitative estimate of drug-likeness (QED) is 0.888. The van der Waals surface area contributed by atoms with Crippen LogP contribution in [0.1, 0.15) is 36.8 Å². The van der Waals surface area contributed by atoms with Gasteiger partial charge in [-0.25, -0.2) is 4.39 Å². The van der Waals surface area contributed by atoms with Gasteiger partial charge in [0, 0.05) is 12.6 Å². The Labute approximate surface area is 119 Å². The van der Waals surface area contributed by atoms with Crippen molar-refractivity contribution in [1.29, 1.82) is 0 Å². The molecule has 110 valence electrons. The molecule has 1 saturated carbocycles. The number of hydrogen-bond donors (Lipinski definition) is 2. The molecule has 0 radical (unpaired) electrons. The second kappa shape index (κ2) is 6.84. The molecule has 2 atom stereocenters. The first-order valence-electron chi connectivity index (χ1n) is 7.36. The predicted molar refractivity (Wildman–Crippen MR) is 77.8 cm³/mol. The third kappa shape index (κ3) is 3.79. The van der Waals surface area contributed by atoms with Gasteiger partial charge in [0.25, 0.3) is 0 Å². The van der Waals surface area contributed by atoms with Crippen molar-refractivity contribution in [3.63, 3.8) is 0 Å². The van der Waals surface area contributed by atoms with Crippen LogP contribution in [0, 0.1) is 18.7 Å². The van der Waals surface area contributed by atoms with Crippen LogP contribution in [0.4, 0.5) is 4.39 Å². The van der Waals surface area contributed by atoms with Crippen molar-refractivity contribution < 1.29 is 9.18 Å². The highest BCUT2D eigenvalue weighted by Crippen LogP contribution is 2.23. The monoisotopic (exact) mass is 278 g/mol. The van der Waals surface area contributed by atoms with Gasteiger partial charge < -0.3 is 11.1 Å². The Morgan fingerprint density at radius 2 is 2.15 bits per heavy atom. The minimum Gasteiger partial charge on any atom is -0.355 e. The highest BCUT2D eigenvalue weighted by molar-refractivity contribution is 5.79. The summed E-state index contributed by atoms with van der Waals surface area (Å²) >= 11 is 0. The van der Waals surface area contributed by atoms with Gasteiger partial charge in [-0.1, -0.05) is 18.9 Å². The zero-order chi connectivity index (χ0) is 14.5. The second-order valence-corrected chi connectivity index (χ2v) is 5.67. The molecule has 0 bridgehead atoms. The fourth-order valence-electron chi connectivity index (χ4n) is 2.88. The van der Waals surface area contributed by atoms with Crippen LogP contribution in [0.3, 0.4) is 0 Å². The summed E-state index contributed by atoms with van der Waals surface area (Å²) in [5.41, 5.74) is 7.99. The fourth-order valence-corrected chi connectivity index (χ4v) is 2.88. The number of aryl methyl sites for hydroxylation is 1. The van der Waals surface area contributed by atoms with E-state index in [9.17, 15) is 9.18 Å². The summed E-state index contributed by atoms with van der Waals surface area (Å²) in [7, 11) is 0. The summed E-state index contributed by atoms with van der Waals surface area (Å²) in [6.45, 7) is 2.46. The van der Waals surface area contributed by atoms with E-state index in [2.05, 4.69) is 5.32 Å².